The number of furan rings is 1. The summed E-state index contributed by atoms with van der Waals surface area (Å²) in [5, 5.41) is 18.4. The third-order valence-electron chi connectivity index (χ3n) is 2.35. The first-order valence-electron chi connectivity index (χ1n) is 5.53. The maximum Gasteiger partial charge on any atom is 0.345 e. The highest BCUT2D eigenvalue weighted by Crippen LogP contribution is 2.28. The van der Waals surface area contributed by atoms with Crippen molar-refractivity contribution in [3.63, 3.8) is 0 Å². The molecule has 0 amide bonds. The average Bonchev–Trinajstić information content (AvgIpc) is 3.17. The number of aromatic nitrogens is 2. The van der Waals surface area contributed by atoms with E-state index in [1.807, 2.05) is 0 Å². The van der Waals surface area contributed by atoms with Gasteiger partial charge in [0, 0.05) is 10.3 Å². The molecule has 0 aliphatic heterocycles. The molecule has 3 aromatic rings. The molecule has 0 fully saturated rings. The molecule has 0 bridgehead atoms. The van der Waals surface area contributed by atoms with Gasteiger partial charge in [-0.1, -0.05) is 0 Å². The minimum absolute atomic E-state index is 0.314. The smallest absolute Gasteiger partial charge is 0.345 e. The van der Waals surface area contributed by atoms with Crippen LogP contribution in [0.5, 0.6) is 0 Å². The Labute approximate surface area is 121 Å². The molecule has 0 radical (unpaired) electrons. The molecule has 20 heavy (non-hydrogen) atoms. The predicted molar refractivity (Wildman–Crippen MR) is 72.8 cm³/mol. The van der Waals surface area contributed by atoms with Gasteiger partial charge in [-0.15, -0.1) is 33.3 Å². The molecule has 0 atom stereocenters. The van der Waals surface area contributed by atoms with Gasteiger partial charge in [0.1, 0.15) is 4.88 Å². The van der Waals surface area contributed by atoms with E-state index in [0.29, 0.717) is 28.2 Å². The van der Waals surface area contributed by atoms with Crippen molar-refractivity contribution in [2.45, 2.75) is 10.6 Å². The summed E-state index contributed by atoms with van der Waals surface area (Å²) in [6.07, 6.45) is 1.53. The van der Waals surface area contributed by atoms with E-state index in [0.717, 1.165) is 4.90 Å². The fraction of sp³-hybridized carbons (Fsp3) is 0.0833. The molecule has 8 heteroatoms. The van der Waals surface area contributed by atoms with Crippen LogP contribution in [-0.4, -0.2) is 21.3 Å². The zero-order valence-corrected chi connectivity index (χ0v) is 11.6. The van der Waals surface area contributed by atoms with E-state index in [9.17, 15) is 4.79 Å². The number of carbonyl (C=O) groups is 1. The van der Waals surface area contributed by atoms with Gasteiger partial charge in [-0.3, -0.25) is 0 Å². The van der Waals surface area contributed by atoms with Crippen molar-refractivity contribution < 1.29 is 18.7 Å². The minimum Gasteiger partial charge on any atom is -0.477 e. The standard InChI is InChI=1S/C12H8N2O4S2/c15-12(16)9-4-7(5-20-9)19-6-10-13-14-11(18-10)8-2-1-3-17-8/h1-5H,6H2,(H,15,16). The van der Waals surface area contributed by atoms with Gasteiger partial charge in [0.25, 0.3) is 5.89 Å². The molecule has 3 heterocycles. The lowest BCUT2D eigenvalue weighted by Gasteiger charge is -1.92. The monoisotopic (exact) mass is 308 g/mol. The van der Waals surface area contributed by atoms with Crippen LogP contribution in [0, 0.1) is 0 Å². The van der Waals surface area contributed by atoms with Crippen molar-refractivity contribution in [1.29, 1.82) is 0 Å². The molecule has 0 spiro atoms. The van der Waals surface area contributed by atoms with Gasteiger partial charge < -0.3 is 13.9 Å². The lowest BCUT2D eigenvalue weighted by Crippen LogP contribution is -1.89. The Morgan fingerprint density at radius 2 is 2.35 bits per heavy atom. The van der Waals surface area contributed by atoms with E-state index in [1.165, 1.54) is 29.4 Å². The van der Waals surface area contributed by atoms with Gasteiger partial charge in [-0.2, -0.15) is 0 Å². The lowest BCUT2D eigenvalue weighted by molar-refractivity contribution is 0.0702. The summed E-state index contributed by atoms with van der Waals surface area (Å²) >= 11 is 2.64. The number of thiophene rings is 1. The Morgan fingerprint density at radius 1 is 1.45 bits per heavy atom. The van der Waals surface area contributed by atoms with Crippen LogP contribution < -0.4 is 0 Å². The van der Waals surface area contributed by atoms with Crippen LogP contribution in [0.15, 0.2) is 43.6 Å². The number of rotatable bonds is 5. The zero-order chi connectivity index (χ0) is 13.9. The SMILES string of the molecule is O=C(O)c1cc(SCc2nnc(-c3ccco3)o2)cs1. The molecule has 3 aromatic heterocycles. The summed E-state index contributed by atoms with van der Waals surface area (Å²) in [5.41, 5.74) is 0. The number of hydrogen-bond donors (Lipinski definition) is 1. The maximum absolute atomic E-state index is 10.8. The number of thioether (sulfide) groups is 1. The van der Waals surface area contributed by atoms with Gasteiger partial charge >= 0.3 is 5.97 Å². The first-order valence-corrected chi connectivity index (χ1v) is 7.40. The molecule has 6 nitrogen and oxygen atoms in total. The Morgan fingerprint density at radius 3 is 3.05 bits per heavy atom. The van der Waals surface area contributed by atoms with Crippen molar-refractivity contribution in [2.75, 3.05) is 0 Å². The van der Waals surface area contributed by atoms with Crippen LogP contribution in [-0.2, 0) is 5.75 Å². The number of hydrogen-bond acceptors (Lipinski definition) is 7. The van der Waals surface area contributed by atoms with Crippen LogP contribution in [0.3, 0.4) is 0 Å². The van der Waals surface area contributed by atoms with Gasteiger partial charge in [0.15, 0.2) is 5.76 Å². The molecule has 3 rings (SSSR count). The molecule has 0 unspecified atom stereocenters. The third kappa shape index (κ3) is 2.75. The maximum atomic E-state index is 10.8. The topological polar surface area (TPSA) is 89.4 Å². The predicted octanol–water partition coefficient (Wildman–Crippen LogP) is 3.38. The van der Waals surface area contributed by atoms with Crippen molar-refractivity contribution in [2.24, 2.45) is 0 Å². The van der Waals surface area contributed by atoms with Crippen molar-refractivity contribution >= 4 is 29.1 Å². The van der Waals surface area contributed by atoms with E-state index < -0.39 is 5.97 Å². The Balaban J connectivity index is 1.65. The summed E-state index contributed by atoms with van der Waals surface area (Å²) < 4.78 is 10.6. The summed E-state index contributed by atoms with van der Waals surface area (Å²) in [7, 11) is 0. The van der Waals surface area contributed by atoms with Gasteiger partial charge in [-0.05, 0) is 18.2 Å². The van der Waals surface area contributed by atoms with E-state index in [1.54, 1.807) is 23.6 Å². The number of carboxylic acid groups (broad SMARTS) is 1. The zero-order valence-electron chi connectivity index (χ0n) is 9.98. The highest BCUT2D eigenvalue weighted by molar-refractivity contribution is 7.98. The number of nitrogens with zero attached hydrogens (tertiary/aromatic N) is 2. The second-order valence-corrected chi connectivity index (χ2v) is 5.68. The molecule has 0 saturated carbocycles. The van der Waals surface area contributed by atoms with Crippen molar-refractivity contribution in [1.82, 2.24) is 10.2 Å². The van der Waals surface area contributed by atoms with E-state index >= 15 is 0 Å². The van der Waals surface area contributed by atoms with Crippen LogP contribution in [0.1, 0.15) is 15.6 Å². The molecule has 0 aliphatic rings. The van der Waals surface area contributed by atoms with Gasteiger partial charge in [0.2, 0.25) is 5.89 Å². The first kappa shape index (κ1) is 12.9. The molecular weight excluding hydrogens is 300 g/mol. The fourth-order valence-electron chi connectivity index (χ4n) is 1.46. The molecule has 1 N–H and O–H groups in total. The quantitative estimate of drug-likeness (QED) is 0.722. The van der Waals surface area contributed by atoms with Gasteiger partial charge in [-0.25, -0.2) is 4.79 Å². The summed E-state index contributed by atoms with van der Waals surface area (Å²) in [6.45, 7) is 0. The van der Waals surface area contributed by atoms with Crippen LogP contribution in [0.2, 0.25) is 0 Å². The Bertz CT molecular complexity index is 717. The normalized spacial score (nSPS) is 10.8. The largest absolute Gasteiger partial charge is 0.477 e. The van der Waals surface area contributed by atoms with Crippen LogP contribution >= 0.6 is 23.1 Å². The van der Waals surface area contributed by atoms with Crippen LogP contribution in [0.25, 0.3) is 11.7 Å². The fourth-order valence-corrected chi connectivity index (χ4v) is 3.17. The van der Waals surface area contributed by atoms with Crippen LogP contribution in [0.4, 0.5) is 0 Å². The summed E-state index contributed by atoms with van der Waals surface area (Å²) in [6, 6.07) is 5.11. The molecule has 0 aliphatic carbocycles. The average molecular weight is 308 g/mol. The minimum atomic E-state index is -0.917. The third-order valence-corrected chi connectivity index (χ3v) is 4.38. The highest BCUT2D eigenvalue weighted by atomic mass is 32.2. The lowest BCUT2D eigenvalue weighted by atomic mass is 10.5. The van der Waals surface area contributed by atoms with Crippen molar-refractivity contribution in [3.05, 3.63) is 40.6 Å². The number of aromatic carboxylic acids is 1. The first-order chi connectivity index (χ1) is 9.72. The van der Waals surface area contributed by atoms with E-state index in [-0.39, 0.29) is 0 Å². The second kappa shape index (κ2) is 5.51. The summed E-state index contributed by atoms with van der Waals surface area (Å²) in [5.74, 6) is 0.882. The van der Waals surface area contributed by atoms with Gasteiger partial charge in [0.05, 0.1) is 12.0 Å². The molecule has 0 saturated heterocycles. The number of carboxylic acids is 1. The highest BCUT2D eigenvalue weighted by Gasteiger charge is 2.12. The molecule has 0 aromatic carbocycles. The Kier molecular flexibility index (Phi) is 3.57. The second-order valence-electron chi connectivity index (χ2n) is 3.72. The molecular formula is C12H8N2O4S2. The van der Waals surface area contributed by atoms with E-state index in [2.05, 4.69) is 10.2 Å². The summed E-state index contributed by atoms with van der Waals surface area (Å²) in [4.78, 5) is 12.0. The van der Waals surface area contributed by atoms with Crippen molar-refractivity contribution in [3.8, 4) is 11.7 Å². The Hall–Kier alpha value is -2.06. The molecule has 102 valence electrons. The van der Waals surface area contributed by atoms with E-state index in [4.69, 9.17) is 13.9 Å².